The summed E-state index contributed by atoms with van der Waals surface area (Å²) < 4.78 is 76.6. The summed E-state index contributed by atoms with van der Waals surface area (Å²) in [6, 6.07) is 5.37. The zero-order valence-corrected chi connectivity index (χ0v) is 11.3. The van der Waals surface area contributed by atoms with E-state index in [1.807, 2.05) is 0 Å². The van der Waals surface area contributed by atoms with Crippen LogP contribution < -0.4 is 0 Å². The van der Waals surface area contributed by atoms with E-state index in [1.54, 1.807) is 0 Å². The van der Waals surface area contributed by atoms with Gasteiger partial charge in [0.25, 0.3) is 0 Å². The van der Waals surface area contributed by atoms with Crippen LogP contribution in [0, 0.1) is 0 Å². The Hall–Kier alpha value is -2.38. The second-order valence-corrected chi connectivity index (χ2v) is 4.79. The van der Waals surface area contributed by atoms with Gasteiger partial charge in [-0.15, -0.1) is 0 Å². The van der Waals surface area contributed by atoms with Crippen molar-refractivity contribution in [3.05, 3.63) is 58.9 Å². The van der Waals surface area contributed by atoms with E-state index >= 15 is 0 Å². The van der Waals surface area contributed by atoms with Gasteiger partial charge in [0.1, 0.15) is 17.1 Å². The van der Waals surface area contributed by atoms with Gasteiger partial charge in [-0.2, -0.15) is 26.3 Å². The predicted octanol–water partition coefficient (Wildman–Crippen LogP) is 5.04. The minimum Gasteiger partial charge on any atom is -0.508 e. The van der Waals surface area contributed by atoms with Crippen LogP contribution in [0.4, 0.5) is 26.3 Å². The van der Waals surface area contributed by atoms with Gasteiger partial charge in [-0.3, -0.25) is 0 Å². The number of aromatic hydroxyl groups is 1. The number of para-hydroxylation sites is 1. The number of aliphatic hydroxyl groups is 1. The minimum absolute atomic E-state index is 0.0319. The molecule has 1 aromatic carbocycles. The van der Waals surface area contributed by atoms with Crippen molar-refractivity contribution in [1.82, 2.24) is 0 Å². The molecule has 0 bridgehead atoms. The van der Waals surface area contributed by atoms with Crippen LogP contribution in [0.1, 0.15) is 12.0 Å². The molecule has 23 heavy (non-hydrogen) atoms. The van der Waals surface area contributed by atoms with Crippen LogP contribution >= 0.6 is 0 Å². The van der Waals surface area contributed by atoms with Gasteiger partial charge in [0, 0.05) is 17.6 Å². The van der Waals surface area contributed by atoms with Gasteiger partial charge in [0.2, 0.25) is 0 Å². The second kappa shape index (κ2) is 5.68. The Morgan fingerprint density at radius 2 is 1.43 bits per heavy atom. The minimum atomic E-state index is -5.59. The number of phenolic OH excluding ortho intramolecular Hbond substituents is 1. The molecule has 0 saturated heterocycles. The van der Waals surface area contributed by atoms with Crippen molar-refractivity contribution in [1.29, 1.82) is 0 Å². The molecule has 1 aromatic rings. The van der Waals surface area contributed by atoms with E-state index < -0.39 is 35.7 Å². The summed E-state index contributed by atoms with van der Waals surface area (Å²) in [5.74, 6) is -0.858. The quantitative estimate of drug-likeness (QED) is 0.705. The highest BCUT2D eigenvalue weighted by Gasteiger charge is 2.52. The SMILES string of the molecule is OC1=C(c2ccccc2O)CC(=C(C(F)(F)F)C(F)(F)F)C=C1. The average Bonchev–Trinajstić information content (AvgIpc) is 2.38. The molecule has 0 spiro atoms. The molecule has 0 aliphatic heterocycles. The van der Waals surface area contributed by atoms with E-state index in [9.17, 15) is 36.6 Å². The summed E-state index contributed by atoms with van der Waals surface area (Å²) in [5, 5.41) is 19.4. The molecule has 0 radical (unpaired) electrons. The molecule has 8 heteroatoms. The van der Waals surface area contributed by atoms with Crippen molar-refractivity contribution in [2.75, 3.05) is 0 Å². The number of hydrogen-bond donors (Lipinski definition) is 2. The van der Waals surface area contributed by atoms with Gasteiger partial charge in [-0.25, -0.2) is 0 Å². The van der Waals surface area contributed by atoms with Gasteiger partial charge >= 0.3 is 12.4 Å². The Balaban J connectivity index is 2.58. The molecule has 0 atom stereocenters. The summed E-state index contributed by atoms with van der Waals surface area (Å²) in [6.07, 6.45) is -10.7. The van der Waals surface area contributed by atoms with Crippen LogP contribution in [0.3, 0.4) is 0 Å². The fourth-order valence-electron chi connectivity index (χ4n) is 2.28. The Kier molecular flexibility index (Phi) is 4.19. The molecule has 0 heterocycles. The van der Waals surface area contributed by atoms with E-state index in [-0.39, 0.29) is 16.9 Å². The van der Waals surface area contributed by atoms with Gasteiger partial charge in [0.05, 0.1) is 0 Å². The Labute approximate surface area is 126 Å². The largest absolute Gasteiger partial charge is 0.508 e. The summed E-state index contributed by atoms with van der Waals surface area (Å²) in [5.41, 5.74) is -3.90. The number of phenols is 1. The van der Waals surface area contributed by atoms with Crippen LogP contribution in [0.2, 0.25) is 0 Å². The Bertz CT molecular complexity index is 691. The Morgan fingerprint density at radius 1 is 0.870 bits per heavy atom. The fraction of sp³-hybridized carbons (Fsp3) is 0.200. The number of rotatable bonds is 1. The lowest BCUT2D eigenvalue weighted by Gasteiger charge is -2.22. The van der Waals surface area contributed by atoms with Gasteiger partial charge in [0.15, 0.2) is 0 Å². The smallest absolute Gasteiger partial charge is 0.421 e. The fourth-order valence-corrected chi connectivity index (χ4v) is 2.28. The number of benzene rings is 1. The van der Waals surface area contributed by atoms with E-state index in [4.69, 9.17) is 0 Å². The number of hydrogen-bond acceptors (Lipinski definition) is 2. The third-order valence-electron chi connectivity index (χ3n) is 3.24. The maximum absolute atomic E-state index is 12.8. The predicted molar refractivity (Wildman–Crippen MR) is 70.5 cm³/mol. The summed E-state index contributed by atoms with van der Waals surface area (Å²) in [4.78, 5) is 0. The van der Waals surface area contributed by atoms with Crippen molar-refractivity contribution in [2.24, 2.45) is 0 Å². The third-order valence-corrected chi connectivity index (χ3v) is 3.24. The third kappa shape index (κ3) is 3.52. The number of halogens is 6. The molecule has 0 unspecified atom stereocenters. The number of alkyl halides is 6. The van der Waals surface area contributed by atoms with Crippen LogP contribution in [0.25, 0.3) is 5.57 Å². The maximum atomic E-state index is 12.8. The molecule has 0 aromatic heterocycles. The van der Waals surface area contributed by atoms with Gasteiger partial charge in [-0.05, 0) is 17.7 Å². The highest BCUT2D eigenvalue weighted by Crippen LogP contribution is 2.45. The molecule has 2 nitrogen and oxygen atoms in total. The first-order chi connectivity index (χ1) is 10.5. The molecular weight excluding hydrogens is 326 g/mol. The molecule has 0 fully saturated rings. The standard InChI is InChI=1S/C15H10F6O2/c16-14(17,18)13(15(19,20)21)8-5-6-12(23)10(7-8)9-3-1-2-4-11(9)22/h1-6,22-23H,7H2. The van der Waals surface area contributed by atoms with E-state index in [1.165, 1.54) is 24.3 Å². The topological polar surface area (TPSA) is 40.5 Å². The monoisotopic (exact) mass is 336 g/mol. The lowest BCUT2D eigenvalue weighted by Crippen LogP contribution is -2.28. The van der Waals surface area contributed by atoms with Crippen molar-refractivity contribution in [2.45, 2.75) is 18.8 Å². The van der Waals surface area contributed by atoms with Crippen LogP contribution in [-0.2, 0) is 0 Å². The van der Waals surface area contributed by atoms with Crippen molar-refractivity contribution < 1.29 is 36.6 Å². The second-order valence-electron chi connectivity index (χ2n) is 4.79. The lowest BCUT2D eigenvalue weighted by molar-refractivity contribution is -0.172. The van der Waals surface area contributed by atoms with E-state index in [0.717, 1.165) is 6.08 Å². The molecule has 124 valence electrons. The molecule has 2 N–H and O–H groups in total. The maximum Gasteiger partial charge on any atom is 0.421 e. The van der Waals surface area contributed by atoms with Gasteiger partial charge in [-0.1, -0.05) is 24.3 Å². The molecule has 2 rings (SSSR count). The zero-order chi connectivity index (χ0) is 17.4. The Morgan fingerprint density at radius 3 is 1.96 bits per heavy atom. The summed E-state index contributed by atoms with van der Waals surface area (Å²) in [7, 11) is 0. The van der Waals surface area contributed by atoms with Crippen molar-refractivity contribution in [3.63, 3.8) is 0 Å². The summed E-state index contributed by atoms with van der Waals surface area (Å²) in [6.45, 7) is 0. The molecule has 0 saturated carbocycles. The first kappa shape index (κ1) is 17.0. The average molecular weight is 336 g/mol. The zero-order valence-electron chi connectivity index (χ0n) is 11.3. The first-order valence-electron chi connectivity index (χ1n) is 6.28. The van der Waals surface area contributed by atoms with Crippen molar-refractivity contribution >= 4 is 5.57 Å². The lowest BCUT2D eigenvalue weighted by atomic mass is 9.89. The molecule has 0 amide bonds. The molecule has 1 aliphatic rings. The van der Waals surface area contributed by atoms with Crippen molar-refractivity contribution in [3.8, 4) is 5.75 Å². The van der Waals surface area contributed by atoms with Crippen LogP contribution in [0.5, 0.6) is 5.75 Å². The highest BCUT2D eigenvalue weighted by molar-refractivity contribution is 5.77. The molecular formula is C15H10F6O2. The van der Waals surface area contributed by atoms with Gasteiger partial charge < -0.3 is 10.2 Å². The highest BCUT2D eigenvalue weighted by atomic mass is 19.4. The van der Waals surface area contributed by atoms with E-state index in [2.05, 4.69) is 0 Å². The number of allylic oxidation sites excluding steroid dienone is 5. The normalized spacial score (nSPS) is 16.0. The van der Waals surface area contributed by atoms with Crippen LogP contribution in [0.15, 0.2) is 53.3 Å². The first-order valence-corrected chi connectivity index (χ1v) is 6.28. The van der Waals surface area contributed by atoms with E-state index in [0.29, 0.717) is 6.08 Å². The summed E-state index contributed by atoms with van der Waals surface area (Å²) >= 11 is 0. The molecule has 1 aliphatic carbocycles. The van der Waals surface area contributed by atoms with Crippen LogP contribution in [-0.4, -0.2) is 22.6 Å². The number of aliphatic hydroxyl groups excluding tert-OH is 1.